The number of hydrogen-bond acceptors (Lipinski definition) is 13. The SMILES string of the molecule is Cc1oc(-c2ccc(-c3nc(C(=O)O)cs3)nc2-c2csc(-c3csc(C4NC(Oc5ccccc5)CC4C)n3)n2)nc1C(=O)O. The Hall–Kier alpha value is -4.83. The van der Waals surface area contributed by atoms with Crippen molar-refractivity contribution in [2.45, 2.75) is 32.5 Å². The number of benzene rings is 1. The van der Waals surface area contributed by atoms with Gasteiger partial charge in [0.1, 0.15) is 43.6 Å². The minimum atomic E-state index is -1.21. The molecule has 5 aromatic heterocycles. The number of nitrogens with one attached hydrogen (secondary N) is 1. The lowest BCUT2D eigenvalue weighted by atomic mass is 10.0. The van der Waals surface area contributed by atoms with E-state index in [4.69, 9.17) is 24.1 Å². The zero-order valence-corrected chi connectivity index (χ0v) is 26.7. The molecule has 1 fully saturated rings. The fraction of sp³-hybridized carbons (Fsp3) is 0.194. The van der Waals surface area contributed by atoms with E-state index in [1.165, 1.54) is 23.6 Å². The van der Waals surface area contributed by atoms with Gasteiger partial charge in [-0.05, 0) is 37.1 Å². The lowest BCUT2D eigenvalue weighted by molar-refractivity contribution is 0.0679. The summed E-state index contributed by atoms with van der Waals surface area (Å²) in [7, 11) is 0. The van der Waals surface area contributed by atoms with Gasteiger partial charge >= 0.3 is 11.9 Å². The molecule has 1 aromatic carbocycles. The van der Waals surface area contributed by atoms with Gasteiger partial charge in [-0.25, -0.2) is 34.5 Å². The number of aryl methyl sites for hydroxylation is 1. The summed E-state index contributed by atoms with van der Waals surface area (Å²) in [6.07, 6.45) is 0.723. The predicted octanol–water partition coefficient (Wildman–Crippen LogP) is 6.89. The minimum Gasteiger partial charge on any atom is -0.476 e. The van der Waals surface area contributed by atoms with Gasteiger partial charge < -0.3 is 19.4 Å². The number of carbonyl (C=O) groups is 2. The van der Waals surface area contributed by atoms with E-state index in [9.17, 15) is 19.8 Å². The number of carboxylic acids is 2. The normalized spacial score (nSPS) is 17.7. The molecule has 3 N–H and O–H groups in total. The number of thiazole rings is 3. The molecule has 0 radical (unpaired) electrons. The zero-order chi connectivity index (χ0) is 31.9. The average molecular weight is 673 g/mol. The van der Waals surface area contributed by atoms with Crippen LogP contribution in [-0.4, -0.2) is 53.3 Å². The number of nitrogens with zero attached hydrogens (tertiary/aromatic N) is 5. The van der Waals surface area contributed by atoms with Crippen LogP contribution in [0.5, 0.6) is 5.75 Å². The molecule has 3 atom stereocenters. The van der Waals surface area contributed by atoms with Crippen molar-refractivity contribution >= 4 is 45.9 Å². The fourth-order valence-corrected chi connectivity index (χ4v) is 7.74. The van der Waals surface area contributed by atoms with Gasteiger partial charge in [-0.1, -0.05) is 25.1 Å². The number of oxazole rings is 1. The highest BCUT2D eigenvalue weighted by molar-refractivity contribution is 7.14. The summed E-state index contributed by atoms with van der Waals surface area (Å²) in [4.78, 5) is 46.1. The van der Waals surface area contributed by atoms with Crippen LogP contribution in [0.15, 0.2) is 63.0 Å². The van der Waals surface area contributed by atoms with Crippen LogP contribution in [0.25, 0.3) is 44.2 Å². The fourth-order valence-electron chi connectivity index (χ4n) is 5.14. The summed E-state index contributed by atoms with van der Waals surface area (Å²) >= 11 is 4.10. The van der Waals surface area contributed by atoms with E-state index in [0.717, 1.165) is 34.2 Å². The predicted molar refractivity (Wildman–Crippen MR) is 172 cm³/mol. The molecule has 0 bridgehead atoms. The monoisotopic (exact) mass is 672 g/mol. The maximum Gasteiger partial charge on any atom is 0.358 e. The van der Waals surface area contributed by atoms with Gasteiger partial charge in [-0.3, -0.25) is 5.32 Å². The topological polar surface area (TPSA) is 173 Å². The van der Waals surface area contributed by atoms with Gasteiger partial charge in [0.15, 0.2) is 17.6 Å². The van der Waals surface area contributed by atoms with Crippen molar-refractivity contribution in [1.29, 1.82) is 0 Å². The second-order valence-corrected chi connectivity index (χ2v) is 13.2. The van der Waals surface area contributed by atoms with Crippen molar-refractivity contribution in [1.82, 2.24) is 30.2 Å². The maximum atomic E-state index is 11.7. The van der Waals surface area contributed by atoms with Crippen LogP contribution in [-0.2, 0) is 0 Å². The van der Waals surface area contributed by atoms with Gasteiger partial charge in [0, 0.05) is 22.6 Å². The lowest BCUT2D eigenvalue weighted by Crippen LogP contribution is -2.29. The molecule has 0 aliphatic carbocycles. The van der Waals surface area contributed by atoms with Crippen molar-refractivity contribution in [2.75, 3.05) is 0 Å². The van der Waals surface area contributed by atoms with Gasteiger partial charge in [0.05, 0.1) is 17.3 Å². The van der Waals surface area contributed by atoms with Crippen LogP contribution in [0.4, 0.5) is 0 Å². The van der Waals surface area contributed by atoms with E-state index in [0.29, 0.717) is 38.6 Å². The van der Waals surface area contributed by atoms with Crippen LogP contribution < -0.4 is 10.1 Å². The van der Waals surface area contributed by atoms with Crippen molar-refractivity contribution in [3.05, 3.63) is 80.8 Å². The number of carboxylic acid groups (broad SMARTS) is 2. The summed E-state index contributed by atoms with van der Waals surface area (Å²) in [5.74, 6) is -0.985. The molecule has 0 amide bonds. The first kappa shape index (κ1) is 29.9. The summed E-state index contributed by atoms with van der Waals surface area (Å²) in [6.45, 7) is 3.71. The number of hydrogen-bond donors (Lipinski definition) is 3. The third-order valence-electron chi connectivity index (χ3n) is 7.36. The Balaban J connectivity index is 1.20. The summed E-state index contributed by atoms with van der Waals surface area (Å²) < 4.78 is 11.9. The lowest BCUT2D eigenvalue weighted by Gasteiger charge is -2.15. The van der Waals surface area contributed by atoms with Gasteiger partial charge in [-0.2, -0.15) is 0 Å². The first-order valence-electron chi connectivity index (χ1n) is 14.0. The van der Waals surface area contributed by atoms with Crippen LogP contribution >= 0.6 is 34.0 Å². The molecule has 0 saturated carbocycles. The molecular weight excluding hydrogens is 649 g/mol. The molecule has 1 saturated heterocycles. The molecule has 7 rings (SSSR count). The number of aromatic carboxylic acids is 2. The Bertz CT molecular complexity index is 2070. The Morgan fingerprint density at radius 3 is 2.37 bits per heavy atom. The number of rotatable bonds is 9. The maximum absolute atomic E-state index is 11.7. The summed E-state index contributed by atoms with van der Waals surface area (Å²) in [5.41, 5.74) is 2.18. The standard InChI is InChI=1S/C31H24N6O6S3/c1-14-10-22(43-16-6-4-3-5-7-16)36-23(14)29-34-20(12-46-29)28-33-19(11-44-28)25-17(26-37-24(31(40)41)15(2)42-26)8-9-18(32-25)27-35-21(13-45-27)30(38)39/h3-9,11-14,22-23,36H,10H2,1-2H3,(H,38,39)(H,40,41). The third kappa shape index (κ3) is 5.80. The first-order chi connectivity index (χ1) is 22.2. The second-order valence-electron chi connectivity index (χ2n) is 10.6. The minimum absolute atomic E-state index is 0.0301. The highest BCUT2D eigenvalue weighted by atomic mass is 32.1. The second kappa shape index (κ2) is 12.2. The number of ether oxygens (including phenoxy) is 1. The van der Waals surface area contributed by atoms with Crippen molar-refractivity contribution in [3.8, 4) is 50.0 Å². The largest absolute Gasteiger partial charge is 0.476 e. The molecule has 3 unspecified atom stereocenters. The molecule has 232 valence electrons. The molecule has 6 heterocycles. The van der Waals surface area contributed by atoms with Gasteiger partial charge in [0.25, 0.3) is 0 Å². The zero-order valence-electron chi connectivity index (χ0n) is 24.2. The highest BCUT2D eigenvalue weighted by Crippen LogP contribution is 2.39. The molecule has 1 aliphatic heterocycles. The highest BCUT2D eigenvalue weighted by Gasteiger charge is 2.35. The van der Waals surface area contributed by atoms with Crippen molar-refractivity contribution < 1.29 is 29.0 Å². The van der Waals surface area contributed by atoms with Gasteiger partial charge in [0.2, 0.25) is 5.89 Å². The number of aromatic nitrogens is 5. The average Bonchev–Trinajstić information content (AvgIpc) is 3.87. The Kier molecular flexibility index (Phi) is 7.90. The first-order valence-corrected chi connectivity index (χ1v) is 16.7. The van der Waals surface area contributed by atoms with E-state index in [1.54, 1.807) is 23.5 Å². The van der Waals surface area contributed by atoms with E-state index in [-0.39, 0.29) is 35.3 Å². The van der Waals surface area contributed by atoms with E-state index in [1.807, 2.05) is 41.1 Å². The van der Waals surface area contributed by atoms with Crippen molar-refractivity contribution in [3.63, 3.8) is 0 Å². The number of pyridine rings is 1. The van der Waals surface area contributed by atoms with Crippen LogP contribution in [0.1, 0.15) is 51.1 Å². The van der Waals surface area contributed by atoms with E-state index >= 15 is 0 Å². The smallest absolute Gasteiger partial charge is 0.358 e. The van der Waals surface area contributed by atoms with Gasteiger partial charge in [-0.15, -0.1) is 34.0 Å². The molecule has 1 aliphatic rings. The Labute approximate surface area is 273 Å². The molecule has 12 nitrogen and oxygen atoms in total. The van der Waals surface area contributed by atoms with E-state index in [2.05, 4.69) is 22.2 Å². The molecular formula is C31H24N6O6S3. The van der Waals surface area contributed by atoms with Crippen LogP contribution in [0.2, 0.25) is 0 Å². The molecule has 15 heteroatoms. The van der Waals surface area contributed by atoms with Crippen LogP contribution in [0.3, 0.4) is 0 Å². The molecule has 46 heavy (non-hydrogen) atoms. The Morgan fingerprint density at radius 2 is 1.63 bits per heavy atom. The van der Waals surface area contributed by atoms with E-state index < -0.39 is 11.9 Å². The number of para-hydroxylation sites is 1. The summed E-state index contributed by atoms with van der Waals surface area (Å²) in [5, 5.41) is 29.7. The molecule has 0 spiro atoms. The van der Waals surface area contributed by atoms with Crippen LogP contribution in [0, 0.1) is 12.8 Å². The summed E-state index contributed by atoms with van der Waals surface area (Å²) in [6, 6.07) is 13.1. The third-order valence-corrected chi connectivity index (χ3v) is 10.0. The molecule has 6 aromatic rings. The quantitative estimate of drug-likeness (QED) is 0.145. The Morgan fingerprint density at radius 1 is 0.870 bits per heavy atom. The van der Waals surface area contributed by atoms with Crippen molar-refractivity contribution in [2.24, 2.45) is 5.92 Å².